The number of rotatable bonds is 5. The quantitative estimate of drug-likeness (QED) is 0.449. The minimum atomic E-state index is -4.72. The normalized spacial score (nSPS) is 11.4. The molecule has 0 atom stereocenters. The number of hydrogen-bond donors (Lipinski definition) is 1. The summed E-state index contributed by atoms with van der Waals surface area (Å²) >= 11 is 5.55. The zero-order chi connectivity index (χ0) is 20.0. The van der Waals surface area contributed by atoms with Gasteiger partial charge in [-0.2, -0.15) is 13.2 Å². The Morgan fingerprint density at radius 2 is 1.78 bits per heavy atom. The van der Waals surface area contributed by atoms with E-state index in [1.165, 1.54) is 36.4 Å². The average Bonchev–Trinajstić information content (AvgIpc) is 2.60. The molecule has 1 N–H and O–H groups in total. The zero-order valence-corrected chi connectivity index (χ0v) is 14.3. The highest BCUT2D eigenvalue weighted by Gasteiger charge is 2.34. The molecule has 0 aliphatic carbocycles. The third-order valence-electron chi connectivity index (χ3n) is 3.19. The first-order chi connectivity index (χ1) is 12.6. The summed E-state index contributed by atoms with van der Waals surface area (Å²) < 4.78 is 56.3. The van der Waals surface area contributed by atoms with Crippen LogP contribution in [0.25, 0.3) is 6.08 Å². The number of anilines is 1. The van der Waals surface area contributed by atoms with Gasteiger partial charge in [-0.25, -0.2) is 9.18 Å². The van der Waals surface area contributed by atoms with Crippen molar-refractivity contribution in [2.24, 2.45) is 0 Å². The van der Waals surface area contributed by atoms with Gasteiger partial charge in [-0.05, 0) is 42.0 Å². The molecule has 27 heavy (non-hydrogen) atoms. The number of benzene rings is 2. The molecular formula is C18H12ClF4NO3. The minimum absolute atomic E-state index is 0.141. The van der Waals surface area contributed by atoms with E-state index in [9.17, 15) is 27.2 Å². The number of hydrogen-bond acceptors (Lipinski definition) is 3. The van der Waals surface area contributed by atoms with Crippen LogP contribution in [0.2, 0.25) is 5.02 Å². The van der Waals surface area contributed by atoms with Crippen LogP contribution in [0.15, 0.2) is 48.5 Å². The molecule has 0 radical (unpaired) electrons. The van der Waals surface area contributed by atoms with E-state index in [2.05, 4.69) is 4.74 Å². The average molecular weight is 402 g/mol. The van der Waals surface area contributed by atoms with Crippen LogP contribution in [0.5, 0.6) is 0 Å². The molecule has 0 heterocycles. The first-order valence-corrected chi connectivity index (χ1v) is 7.80. The maximum Gasteiger partial charge on any atom is 0.418 e. The molecule has 0 bridgehead atoms. The molecule has 0 unspecified atom stereocenters. The number of amides is 1. The summed E-state index contributed by atoms with van der Waals surface area (Å²) in [5.74, 6) is -2.28. The van der Waals surface area contributed by atoms with Crippen molar-refractivity contribution >= 4 is 35.2 Å². The third-order valence-corrected chi connectivity index (χ3v) is 3.42. The number of nitrogens with one attached hydrogen (secondary N) is 1. The van der Waals surface area contributed by atoms with Crippen molar-refractivity contribution in [1.29, 1.82) is 0 Å². The summed E-state index contributed by atoms with van der Waals surface area (Å²) in [6.45, 7) is -0.785. The Labute approximate surface area is 156 Å². The second kappa shape index (κ2) is 8.68. The lowest BCUT2D eigenvalue weighted by Crippen LogP contribution is -2.22. The highest BCUT2D eigenvalue weighted by molar-refractivity contribution is 6.30. The molecule has 2 aromatic rings. The molecule has 0 saturated heterocycles. The Morgan fingerprint density at radius 3 is 2.41 bits per heavy atom. The van der Waals surface area contributed by atoms with Crippen molar-refractivity contribution in [2.45, 2.75) is 6.18 Å². The van der Waals surface area contributed by atoms with Crippen molar-refractivity contribution in [1.82, 2.24) is 0 Å². The molecule has 2 rings (SSSR count). The van der Waals surface area contributed by atoms with Crippen molar-refractivity contribution < 1.29 is 31.9 Å². The molecule has 0 fully saturated rings. The lowest BCUT2D eigenvalue weighted by molar-refractivity contribution is -0.142. The standard InChI is InChI=1S/C18H12ClF4NO3/c19-12-4-7-15(14(9-12)18(21,22)23)24-16(25)10-27-17(26)8-3-11-1-5-13(20)6-2-11/h1-9H,10H2,(H,24,25). The van der Waals surface area contributed by atoms with Gasteiger partial charge in [0.2, 0.25) is 0 Å². The van der Waals surface area contributed by atoms with E-state index < -0.39 is 41.7 Å². The molecular weight excluding hydrogens is 390 g/mol. The lowest BCUT2D eigenvalue weighted by atomic mass is 10.1. The molecule has 0 aromatic heterocycles. The van der Waals surface area contributed by atoms with Gasteiger partial charge in [-0.1, -0.05) is 23.7 Å². The fraction of sp³-hybridized carbons (Fsp3) is 0.111. The molecule has 0 aliphatic heterocycles. The van der Waals surface area contributed by atoms with Crippen LogP contribution in [0.3, 0.4) is 0 Å². The van der Waals surface area contributed by atoms with Gasteiger partial charge in [-0.15, -0.1) is 0 Å². The molecule has 4 nitrogen and oxygen atoms in total. The Bertz CT molecular complexity index is 864. The minimum Gasteiger partial charge on any atom is -0.452 e. The zero-order valence-electron chi connectivity index (χ0n) is 13.5. The van der Waals surface area contributed by atoms with E-state index in [0.717, 1.165) is 12.1 Å². The van der Waals surface area contributed by atoms with Crippen LogP contribution in [0.1, 0.15) is 11.1 Å². The van der Waals surface area contributed by atoms with Crippen molar-refractivity contribution in [3.63, 3.8) is 0 Å². The van der Waals surface area contributed by atoms with E-state index >= 15 is 0 Å². The number of halogens is 5. The van der Waals surface area contributed by atoms with E-state index in [1.54, 1.807) is 0 Å². The summed E-state index contributed by atoms with van der Waals surface area (Å²) in [6.07, 6.45) is -2.38. The van der Waals surface area contributed by atoms with Crippen LogP contribution in [0, 0.1) is 5.82 Å². The number of esters is 1. The summed E-state index contributed by atoms with van der Waals surface area (Å²) in [5, 5.41) is 1.88. The summed E-state index contributed by atoms with van der Waals surface area (Å²) in [4.78, 5) is 23.3. The molecule has 0 aliphatic rings. The summed E-state index contributed by atoms with van der Waals surface area (Å²) in [5.41, 5.74) is -1.10. The molecule has 0 spiro atoms. The number of carbonyl (C=O) groups excluding carboxylic acids is 2. The summed E-state index contributed by atoms with van der Waals surface area (Å²) in [7, 11) is 0. The predicted octanol–water partition coefficient (Wildman–Crippen LogP) is 4.69. The van der Waals surface area contributed by atoms with Gasteiger partial charge < -0.3 is 10.1 Å². The first-order valence-electron chi connectivity index (χ1n) is 7.42. The van der Waals surface area contributed by atoms with Crippen LogP contribution in [0.4, 0.5) is 23.2 Å². The van der Waals surface area contributed by atoms with Gasteiger partial charge in [0.05, 0.1) is 11.3 Å². The van der Waals surface area contributed by atoms with E-state index in [-0.39, 0.29) is 5.02 Å². The van der Waals surface area contributed by atoms with Gasteiger partial charge in [0.15, 0.2) is 6.61 Å². The highest BCUT2D eigenvalue weighted by atomic mass is 35.5. The maximum absolute atomic E-state index is 13.0. The maximum atomic E-state index is 13.0. The monoisotopic (exact) mass is 401 g/mol. The predicted molar refractivity (Wildman–Crippen MR) is 91.5 cm³/mol. The fourth-order valence-corrected chi connectivity index (χ4v) is 2.14. The number of alkyl halides is 3. The molecule has 9 heteroatoms. The second-order valence-electron chi connectivity index (χ2n) is 5.23. The number of ether oxygens (including phenoxy) is 1. The van der Waals surface area contributed by atoms with Crippen molar-refractivity contribution in [3.8, 4) is 0 Å². The third kappa shape index (κ3) is 6.41. The largest absolute Gasteiger partial charge is 0.452 e. The molecule has 0 saturated carbocycles. The molecule has 1 amide bonds. The van der Waals surface area contributed by atoms with E-state index in [4.69, 9.17) is 11.6 Å². The second-order valence-corrected chi connectivity index (χ2v) is 5.66. The van der Waals surface area contributed by atoms with Crippen molar-refractivity contribution in [3.05, 3.63) is 70.5 Å². The van der Waals surface area contributed by atoms with Gasteiger partial charge >= 0.3 is 12.1 Å². The fourth-order valence-electron chi connectivity index (χ4n) is 1.97. The lowest BCUT2D eigenvalue weighted by Gasteiger charge is -2.14. The Balaban J connectivity index is 1.93. The van der Waals surface area contributed by atoms with E-state index in [1.807, 2.05) is 5.32 Å². The smallest absolute Gasteiger partial charge is 0.418 e. The Hall–Kier alpha value is -2.87. The Kier molecular flexibility index (Phi) is 6.57. The van der Waals surface area contributed by atoms with Gasteiger partial charge in [0.1, 0.15) is 5.82 Å². The van der Waals surface area contributed by atoms with Crippen LogP contribution < -0.4 is 5.32 Å². The molecule has 142 valence electrons. The van der Waals surface area contributed by atoms with Gasteiger partial charge in [0.25, 0.3) is 5.91 Å². The summed E-state index contributed by atoms with van der Waals surface area (Å²) in [6, 6.07) is 8.10. The topological polar surface area (TPSA) is 55.4 Å². The van der Waals surface area contributed by atoms with Gasteiger partial charge in [0, 0.05) is 11.1 Å². The van der Waals surface area contributed by atoms with Crippen molar-refractivity contribution in [2.75, 3.05) is 11.9 Å². The van der Waals surface area contributed by atoms with Crippen LogP contribution >= 0.6 is 11.6 Å². The SMILES string of the molecule is O=C(COC(=O)C=Cc1ccc(F)cc1)Nc1ccc(Cl)cc1C(F)(F)F. The van der Waals surface area contributed by atoms with Crippen LogP contribution in [-0.4, -0.2) is 18.5 Å². The van der Waals surface area contributed by atoms with Gasteiger partial charge in [-0.3, -0.25) is 4.79 Å². The first kappa shape index (κ1) is 20.4. The highest BCUT2D eigenvalue weighted by Crippen LogP contribution is 2.36. The number of carbonyl (C=O) groups is 2. The Morgan fingerprint density at radius 1 is 1.11 bits per heavy atom. The molecule has 2 aromatic carbocycles. The van der Waals surface area contributed by atoms with Crippen LogP contribution in [-0.2, 0) is 20.5 Å². The van der Waals surface area contributed by atoms with E-state index in [0.29, 0.717) is 11.6 Å².